The Morgan fingerprint density at radius 1 is 1.22 bits per heavy atom. The first-order valence-electron chi connectivity index (χ1n) is 5.69. The third-order valence-corrected chi connectivity index (χ3v) is 3.91. The zero-order valence-corrected chi connectivity index (χ0v) is 12.0. The molecular formula is C14H15BrN2O. The van der Waals surface area contributed by atoms with Gasteiger partial charge in [0.15, 0.2) is 0 Å². The molecule has 2 rings (SSSR count). The van der Waals surface area contributed by atoms with Gasteiger partial charge < -0.3 is 10.3 Å². The van der Waals surface area contributed by atoms with Gasteiger partial charge in [-0.25, -0.2) is 0 Å². The predicted octanol–water partition coefficient (Wildman–Crippen LogP) is 2.86. The summed E-state index contributed by atoms with van der Waals surface area (Å²) in [4.78, 5) is 12.1. The van der Waals surface area contributed by atoms with Crippen LogP contribution in [0.3, 0.4) is 0 Å². The van der Waals surface area contributed by atoms with Crippen LogP contribution in [0, 0.1) is 13.8 Å². The molecule has 0 bridgehead atoms. The summed E-state index contributed by atoms with van der Waals surface area (Å²) in [6.07, 6.45) is 1.70. The number of benzene rings is 1. The molecule has 0 aliphatic rings. The molecule has 18 heavy (non-hydrogen) atoms. The van der Waals surface area contributed by atoms with Crippen LogP contribution in [0.15, 0.2) is 39.7 Å². The second kappa shape index (κ2) is 4.98. The van der Waals surface area contributed by atoms with Gasteiger partial charge in [-0.05, 0) is 40.9 Å². The topological polar surface area (TPSA) is 48.0 Å². The van der Waals surface area contributed by atoms with E-state index in [1.807, 2.05) is 38.1 Å². The van der Waals surface area contributed by atoms with Crippen molar-refractivity contribution in [2.24, 2.45) is 0 Å². The number of nitrogens with zero attached hydrogens (tertiary/aromatic N) is 1. The lowest BCUT2D eigenvalue weighted by Crippen LogP contribution is -2.22. The monoisotopic (exact) mass is 306 g/mol. The molecule has 94 valence electrons. The van der Waals surface area contributed by atoms with E-state index in [0.717, 1.165) is 11.1 Å². The Morgan fingerprint density at radius 3 is 2.44 bits per heavy atom. The molecule has 0 saturated heterocycles. The Balaban J connectivity index is 2.41. The minimum atomic E-state index is -0.0534. The smallest absolute Gasteiger partial charge is 0.265 e. The van der Waals surface area contributed by atoms with Crippen molar-refractivity contribution in [1.29, 1.82) is 0 Å². The van der Waals surface area contributed by atoms with E-state index in [9.17, 15) is 4.79 Å². The standard InChI is InChI=1S/C14H15BrN2O/c1-9-3-5-11(6-4-9)7-17-8-12(16)10(2)13(15)14(17)18/h3-6,8H,7,16H2,1-2H3. The largest absolute Gasteiger partial charge is 0.397 e. The summed E-state index contributed by atoms with van der Waals surface area (Å²) in [7, 11) is 0. The molecule has 1 heterocycles. The van der Waals surface area contributed by atoms with Crippen molar-refractivity contribution in [3.05, 3.63) is 62.0 Å². The van der Waals surface area contributed by atoms with Gasteiger partial charge in [-0.1, -0.05) is 29.8 Å². The number of nitrogens with two attached hydrogens (primary N) is 1. The van der Waals surface area contributed by atoms with Gasteiger partial charge in [-0.2, -0.15) is 0 Å². The molecule has 0 aliphatic carbocycles. The summed E-state index contributed by atoms with van der Waals surface area (Å²) in [6, 6.07) is 8.11. The summed E-state index contributed by atoms with van der Waals surface area (Å²) in [5, 5.41) is 0. The highest BCUT2D eigenvalue weighted by atomic mass is 79.9. The first kappa shape index (κ1) is 12.9. The van der Waals surface area contributed by atoms with Crippen molar-refractivity contribution >= 4 is 21.6 Å². The number of aryl methyl sites for hydroxylation is 1. The molecule has 0 saturated carbocycles. The summed E-state index contributed by atoms with van der Waals surface area (Å²) in [6.45, 7) is 4.40. The minimum absolute atomic E-state index is 0.0534. The van der Waals surface area contributed by atoms with Gasteiger partial charge in [0.05, 0.1) is 16.7 Å². The molecule has 1 aromatic carbocycles. The van der Waals surface area contributed by atoms with E-state index in [-0.39, 0.29) is 5.56 Å². The zero-order chi connectivity index (χ0) is 13.3. The second-order valence-corrected chi connectivity index (χ2v) is 5.24. The molecule has 0 amide bonds. The van der Waals surface area contributed by atoms with Crippen LogP contribution in [-0.2, 0) is 6.54 Å². The Kier molecular flexibility index (Phi) is 3.57. The van der Waals surface area contributed by atoms with Crippen LogP contribution in [-0.4, -0.2) is 4.57 Å². The average molecular weight is 307 g/mol. The number of anilines is 1. The number of hydrogen-bond acceptors (Lipinski definition) is 2. The summed E-state index contributed by atoms with van der Waals surface area (Å²) in [5.41, 5.74) is 9.52. The maximum Gasteiger partial charge on any atom is 0.265 e. The van der Waals surface area contributed by atoms with Crippen LogP contribution in [0.1, 0.15) is 16.7 Å². The fraction of sp³-hybridized carbons (Fsp3) is 0.214. The molecule has 3 nitrogen and oxygen atoms in total. The fourth-order valence-electron chi connectivity index (χ4n) is 1.74. The van der Waals surface area contributed by atoms with Gasteiger partial charge in [-0.3, -0.25) is 4.79 Å². The van der Waals surface area contributed by atoms with Gasteiger partial charge in [0.25, 0.3) is 5.56 Å². The second-order valence-electron chi connectivity index (χ2n) is 4.44. The first-order valence-corrected chi connectivity index (χ1v) is 6.49. The van der Waals surface area contributed by atoms with E-state index in [0.29, 0.717) is 16.7 Å². The SMILES string of the molecule is Cc1ccc(Cn2cc(N)c(C)c(Br)c2=O)cc1. The number of aromatic nitrogens is 1. The molecule has 0 fully saturated rings. The third kappa shape index (κ3) is 2.48. The molecule has 0 radical (unpaired) electrons. The average Bonchev–Trinajstić information content (AvgIpc) is 2.36. The third-order valence-electron chi connectivity index (χ3n) is 2.98. The lowest BCUT2D eigenvalue weighted by Gasteiger charge is -2.10. The summed E-state index contributed by atoms with van der Waals surface area (Å²) in [5.74, 6) is 0. The van der Waals surface area contributed by atoms with E-state index in [4.69, 9.17) is 5.73 Å². The van der Waals surface area contributed by atoms with E-state index >= 15 is 0 Å². The molecular weight excluding hydrogens is 292 g/mol. The van der Waals surface area contributed by atoms with Crippen LogP contribution in [0.2, 0.25) is 0 Å². The number of pyridine rings is 1. The van der Waals surface area contributed by atoms with Gasteiger partial charge in [-0.15, -0.1) is 0 Å². The Morgan fingerprint density at radius 2 is 1.83 bits per heavy atom. The van der Waals surface area contributed by atoms with Crippen molar-refractivity contribution in [3.63, 3.8) is 0 Å². The number of halogens is 1. The number of nitrogen functional groups attached to an aromatic ring is 1. The highest BCUT2D eigenvalue weighted by Gasteiger charge is 2.08. The van der Waals surface area contributed by atoms with Crippen molar-refractivity contribution in [2.45, 2.75) is 20.4 Å². The van der Waals surface area contributed by atoms with E-state index in [2.05, 4.69) is 15.9 Å². The lowest BCUT2D eigenvalue weighted by atomic mass is 10.1. The first-order chi connectivity index (χ1) is 8.49. The Hall–Kier alpha value is -1.55. The highest BCUT2D eigenvalue weighted by Crippen LogP contribution is 2.17. The molecule has 0 aliphatic heterocycles. The van der Waals surface area contributed by atoms with Crippen LogP contribution < -0.4 is 11.3 Å². The summed E-state index contributed by atoms with van der Waals surface area (Å²) >= 11 is 3.29. The number of hydrogen-bond donors (Lipinski definition) is 1. The van der Waals surface area contributed by atoms with Gasteiger partial charge >= 0.3 is 0 Å². The van der Waals surface area contributed by atoms with Crippen LogP contribution >= 0.6 is 15.9 Å². The molecule has 2 aromatic rings. The molecule has 0 unspecified atom stereocenters. The summed E-state index contributed by atoms with van der Waals surface area (Å²) < 4.78 is 2.16. The Labute approximate surface area is 114 Å². The zero-order valence-electron chi connectivity index (χ0n) is 10.4. The normalized spacial score (nSPS) is 10.6. The van der Waals surface area contributed by atoms with Crippen molar-refractivity contribution < 1.29 is 0 Å². The van der Waals surface area contributed by atoms with Gasteiger partial charge in [0.1, 0.15) is 0 Å². The highest BCUT2D eigenvalue weighted by molar-refractivity contribution is 9.10. The van der Waals surface area contributed by atoms with Crippen LogP contribution in [0.5, 0.6) is 0 Å². The van der Waals surface area contributed by atoms with Crippen LogP contribution in [0.25, 0.3) is 0 Å². The maximum absolute atomic E-state index is 12.1. The lowest BCUT2D eigenvalue weighted by molar-refractivity contribution is 0.754. The van der Waals surface area contributed by atoms with Gasteiger partial charge in [0, 0.05) is 6.20 Å². The van der Waals surface area contributed by atoms with Crippen molar-refractivity contribution in [2.75, 3.05) is 5.73 Å². The molecule has 0 spiro atoms. The maximum atomic E-state index is 12.1. The van der Waals surface area contributed by atoms with Crippen molar-refractivity contribution in [1.82, 2.24) is 4.57 Å². The number of rotatable bonds is 2. The molecule has 4 heteroatoms. The van der Waals surface area contributed by atoms with E-state index < -0.39 is 0 Å². The fourth-order valence-corrected chi connectivity index (χ4v) is 2.20. The molecule has 1 aromatic heterocycles. The van der Waals surface area contributed by atoms with Crippen molar-refractivity contribution in [3.8, 4) is 0 Å². The van der Waals surface area contributed by atoms with E-state index in [1.165, 1.54) is 5.56 Å². The van der Waals surface area contributed by atoms with E-state index in [1.54, 1.807) is 10.8 Å². The van der Waals surface area contributed by atoms with Crippen LogP contribution in [0.4, 0.5) is 5.69 Å². The predicted molar refractivity (Wildman–Crippen MR) is 77.8 cm³/mol. The Bertz CT molecular complexity index is 629. The van der Waals surface area contributed by atoms with Gasteiger partial charge in [0.2, 0.25) is 0 Å². The molecule has 0 atom stereocenters. The molecule has 2 N–H and O–H groups in total. The quantitative estimate of drug-likeness (QED) is 0.927. The minimum Gasteiger partial charge on any atom is -0.397 e.